The van der Waals surface area contributed by atoms with E-state index in [1.54, 1.807) is 37.6 Å². The number of aromatic nitrogens is 2. The average Bonchev–Trinajstić information content (AvgIpc) is 3.10. The Kier molecular flexibility index (Phi) is 3.97. The number of carbonyl (C=O) groups excluding carboxylic acids is 1. The summed E-state index contributed by atoms with van der Waals surface area (Å²) in [5.74, 6) is -0.687. The number of nitrogens with zero attached hydrogens (tertiary/aromatic N) is 1. The molecule has 7 heteroatoms. The van der Waals surface area contributed by atoms with Crippen LogP contribution in [0.5, 0.6) is 5.75 Å². The minimum absolute atomic E-state index is 0.0959. The Labute approximate surface area is 153 Å². The van der Waals surface area contributed by atoms with Crippen molar-refractivity contribution in [3.05, 3.63) is 66.1 Å². The maximum atomic E-state index is 12.6. The van der Waals surface area contributed by atoms with Crippen molar-refractivity contribution in [1.82, 2.24) is 9.97 Å². The van der Waals surface area contributed by atoms with Gasteiger partial charge in [0, 0.05) is 28.2 Å². The number of benzene rings is 2. The number of carbonyl (C=O) groups is 2. The molecule has 0 spiro atoms. The molecule has 0 saturated heterocycles. The van der Waals surface area contributed by atoms with Crippen LogP contribution in [0.3, 0.4) is 0 Å². The molecule has 2 heterocycles. The minimum atomic E-state index is -1.03. The molecule has 0 aliphatic carbocycles. The molecule has 0 saturated carbocycles. The predicted octanol–water partition coefficient (Wildman–Crippen LogP) is 3.68. The van der Waals surface area contributed by atoms with Crippen LogP contribution in [-0.4, -0.2) is 34.1 Å². The first-order valence-corrected chi connectivity index (χ1v) is 8.15. The summed E-state index contributed by atoms with van der Waals surface area (Å²) in [5, 5.41) is 14.3. The van der Waals surface area contributed by atoms with Gasteiger partial charge in [0.05, 0.1) is 7.11 Å². The minimum Gasteiger partial charge on any atom is -0.497 e. The Hall–Kier alpha value is -3.87. The number of pyridine rings is 1. The molecule has 0 aliphatic heterocycles. The Morgan fingerprint density at radius 1 is 1.04 bits per heavy atom. The van der Waals surface area contributed by atoms with Crippen LogP contribution in [0.15, 0.2) is 54.7 Å². The Balaban J connectivity index is 1.62. The van der Waals surface area contributed by atoms with E-state index in [0.717, 1.165) is 10.8 Å². The zero-order valence-electron chi connectivity index (χ0n) is 14.3. The largest absolute Gasteiger partial charge is 0.497 e. The summed E-state index contributed by atoms with van der Waals surface area (Å²) in [4.78, 5) is 30.6. The molecule has 0 bridgehead atoms. The van der Waals surface area contributed by atoms with Crippen molar-refractivity contribution in [3.63, 3.8) is 0 Å². The molecule has 27 heavy (non-hydrogen) atoms. The zero-order valence-corrected chi connectivity index (χ0v) is 14.3. The van der Waals surface area contributed by atoms with Gasteiger partial charge in [-0.3, -0.25) is 9.78 Å². The van der Waals surface area contributed by atoms with Crippen molar-refractivity contribution < 1.29 is 19.4 Å². The third-order valence-corrected chi connectivity index (χ3v) is 4.27. The van der Waals surface area contributed by atoms with E-state index in [1.165, 1.54) is 6.07 Å². The second-order valence-corrected chi connectivity index (χ2v) is 6.03. The fraction of sp³-hybridized carbons (Fsp3) is 0.0500. The highest BCUT2D eigenvalue weighted by Crippen LogP contribution is 2.23. The molecule has 4 rings (SSSR count). The number of carboxylic acids is 1. The van der Waals surface area contributed by atoms with E-state index in [4.69, 9.17) is 9.84 Å². The number of hydrogen-bond donors (Lipinski definition) is 3. The molecule has 0 fully saturated rings. The number of hydrogen-bond acceptors (Lipinski definition) is 4. The first-order valence-electron chi connectivity index (χ1n) is 8.15. The number of nitrogens with one attached hydrogen (secondary N) is 2. The Morgan fingerprint density at radius 2 is 1.89 bits per heavy atom. The summed E-state index contributed by atoms with van der Waals surface area (Å²) in [6, 6.07) is 13.9. The third kappa shape index (κ3) is 3.18. The standard InChI is InChI=1S/C20H15N3O4/c1-27-15-4-2-11-10-21-17(8-12(11)7-15)19(24)22-14-3-5-16-13(6-14)9-18(23-16)20(25)26/h2-10,23H,1H3,(H,22,24)(H,25,26). The SMILES string of the molecule is COc1ccc2cnc(C(=O)Nc3ccc4[nH]c(C(=O)O)cc4c3)cc2c1. The molecule has 0 unspecified atom stereocenters. The number of ether oxygens (including phenoxy) is 1. The van der Waals surface area contributed by atoms with Crippen molar-refractivity contribution in [2.24, 2.45) is 0 Å². The van der Waals surface area contributed by atoms with Crippen molar-refractivity contribution in [3.8, 4) is 5.75 Å². The lowest BCUT2D eigenvalue weighted by Gasteiger charge is -2.07. The fourth-order valence-corrected chi connectivity index (χ4v) is 2.89. The zero-order chi connectivity index (χ0) is 19.0. The van der Waals surface area contributed by atoms with Crippen LogP contribution in [0.2, 0.25) is 0 Å². The highest BCUT2D eigenvalue weighted by molar-refractivity contribution is 6.06. The van der Waals surface area contributed by atoms with Crippen molar-refractivity contribution >= 4 is 39.2 Å². The van der Waals surface area contributed by atoms with Crippen LogP contribution in [0, 0.1) is 0 Å². The summed E-state index contributed by atoms with van der Waals surface area (Å²) >= 11 is 0. The second-order valence-electron chi connectivity index (χ2n) is 6.03. The molecule has 0 aliphatic rings. The number of fused-ring (bicyclic) bond motifs is 2. The van der Waals surface area contributed by atoms with Gasteiger partial charge in [0.2, 0.25) is 0 Å². The highest BCUT2D eigenvalue weighted by Gasteiger charge is 2.11. The van der Waals surface area contributed by atoms with Crippen LogP contribution < -0.4 is 10.1 Å². The maximum Gasteiger partial charge on any atom is 0.352 e. The van der Waals surface area contributed by atoms with Crippen molar-refractivity contribution in [2.75, 3.05) is 12.4 Å². The average molecular weight is 361 g/mol. The van der Waals surface area contributed by atoms with E-state index < -0.39 is 5.97 Å². The predicted molar refractivity (Wildman–Crippen MR) is 102 cm³/mol. The molecule has 1 amide bonds. The van der Waals surface area contributed by atoms with Crippen LogP contribution >= 0.6 is 0 Å². The van der Waals surface area contributed by atoms with Crippen LogP contribution in [0.1, 0.15) is 21.0 Å². The van der Waals surface area contributed by atoms with Gasteiger partial charge in [0.15, 0.2) is 0 Å². The number of amides is 1. The number of aromatic carboxylic acids is 1. The molecular weight excluding hydrogens is 346 g/mol. The number of rotatable bonds is 4. The lowest BCUT2D eigenvalue weighted by atomic mass is 10.1. The number of methoxy groups -OCH3 is 1. The van der Waals surface area contributed by atoms with Gasteiger partial charge in [-0.25, -0.2) is 4.79 Å². The lowest BCUT2D eigenvalue weighted by molar-refractivity contribution is 0.0691. The van der Waals surface area contributed by atoms with E-state index in [1.807, 2.05) is 18.2 Å². The van der Waals surface area contributed by atoms with Gasteiger partial charge in [0.25, 0.3) is 5.91 Å². The monoisotopic (exact) mass is 361 g/mol. The maximum absolute atomic E-state index is 12.6. The molecule has 4 aromatic rings. The van der Waals surface area contributed by atoms with Gasteiger partial charge >= 0.3 is 5.97 Å². The molecule has 0 atom stereocenters. The van der Waals surface area contributed by atoms with Crippen LogP contribution in [0.25, 0.3) is 21.7 Å². The number of carboxylic acid groups (broad SMARTS) is 1. The normalized spacial score (nSPS) is 10.9. The Morgan fingerprint density at radius 3 is 2.67 bits per heavy atom. The summed E-state index contributed by atoms with van der Waals surface area (Å²) in [6.07, 6.45) is 1.64. The summed E-state index contributed by atoms with van der Waals surface area (Å²) < 4.78 is 5.21. The first kappa shape index (κ1) is 16.6. The van der Waals surface area contributed by atoms with Crippen molar-refractivity contribution in [2.45, 2.75) is 0 Å². The smallest absolute Gasteiger partial charge is 0.352 e. The molecule has 2 aromatic heterocycles. The second kappa shape index (κ2) is 6.45. The Bertz CT molecular complexity index is 1200. The van der Waals surface area contributed by atoms with Gasteiger partial charge in [0.1, 0.15) is 17.1 Å². The summed E-state index contributed by atoms with van der Waals surface area (Å²) in [5.41, 5.74) is 1.60. The van der Waals surface area contributed by atoms with Gasteiger partial charge in [-0.15, -0.1) is 0 Å². The molecule has 7 nitrogen and oxygen atoms in total. The van der Waals surface area contributed by atoms with Gasteiger partial charge in [-0.2, -0.15) is 0 Å². The fourth-order valence-electron chi connectivity index (χ4n) is 2.89. The molecule has 2 aromatic carbocycles. The highest BCUT2D eigenvalue weighted by atomic mass is 16.5. The van der Waals surface area contributed by atoms with Gasteiger partial charge < -0.3 is 20.1 Å². The third-order valence-electron chi connectivity index (χ3n) is 4.27. The molecule has 0 radical (unpaired) electrons. The molecular formula is C20H15N3O4. The number of H-pyrrole nitrogens is 1. The number of aromatic amines is 1. The lowest BCUT2D eigenvalue weighted by Crippen LogP contribution is -2.13. The topological polar surface area (TPSA) is 104 Å². The summed E-state index contributed by atoms with van der Waals surface area (Å²) in [6.45, 7) is 0. The molecule has 134 valence electrons. The van der Waals surface area contributed by atoms with E-state index in [9.17, 15) is 9.59 Å². The van der Waals surface area contributed by atoms with Crippen molar-refractivity contribution in [1.29, 1.82) is 0 Å². The van der Waals surface area contributed by atoms with E-state index in [2.05, 4.69) is 15.3 Å². The van der Waals surface area contributed by atoms with Gasteiger partial charge in [-0.05, 0) is 53.9 Å². The van der Waals surface area contributed by atoms with Gasteiger partial charge in [-0.1, -0.05) is 0 Å². The number of anilines is 1. The summed E-state index contributed by atoms with van der Waals surface area (Å²) in [7, 11) is 1.59. The first-order chi connectivity index (χ1) is 13.0. The van der Waals surface area contributed by atoms with E-state index >= 15 is 0 Å². The van der Waals surface area contributed by atoms with Crippen LogP contribution in [-0.2, 0) is 0 Å². The quantitative estimate of drug-likeness (QED) is 0.514. The van der Waals surface area contributed by atoms with Crippen LogP contribution in [0.4, 0.5) is 5.69 Å². The molecule has 3 N–H and O–H groups in total. The van der Waals surface area contributed by atoms with E-state index in [0.29, 0.717) is 22.3 Å². The van der Waals surface area contributed by atoms with E-state index in [-0.39, 0.29) is 17.3 Å².